The molecule has 0 amide bonds. The average molecular weight is 449 g/mol. The van der Waals surface area contributed by atoms with Crippen molar-refractivity contribution in [1.29, 1.82) is 0 Å². The topological polar surface area (TPSA) is 129 Å². The minimum absolute atomic E-state index is 0.313. The van der Waals surface area contributed by atoms with Crippen LogP contribution in [0.3, 0.4) is 0 Å². The molecular formula is C25H32N6O2. The monoisotopic (exact) mass is 448 g/mol. The van der Waals surface area contributed by atoms with E-state index in [0.29, 0.717) is 37.6 Å². The minimum atomic E-state index is -0.915. The fourth-order valence-corrected chi connectivity index (χ4v) is 4.19. The Morgan fingerprint density at radius 1 is 1.27 bits per heavy atom. The summed E-state index contributed by atoms with van der Waals surface area (Å²) >= 11 is 0. The van der Waals surface area contributed by atoms with E-state index in [-0.39, 0.29) is 0 Å². The van der Waals surface area contributed by atoms with Gasteiger partial charge in [-0.1, -0.05) is 30.3 Å². The maximum Gasteiger partial charge on any atom is 0.311 e. The van der Waals surface area contributed by atoms with Crippen molar-refractivity contribution < 1.29 is 9.90 Å². The molecule has 6 N–H and O–H groups in total. The van der Waals surface area contributed by atoms with Crippen molar-refractivity contribution in [2.45, 2.75) is 33.1 Å². The lowest BCUT2D eigenvalue weighted by molar-refractivity contribution is -0.152. The maximum atomic E-state index is 12.4. The highest BCUT2D eigenvalue weighted by Gasteiger charge is 2.43. The highest BCUT2D eigenvalue weighted by Crippen LogP contribution is 2.35. The van der Waals surface area contributed by atoms with E-state index in [9.17, 15) is 9.90 Å². The number of hydrogen-bond donors (Lipinski definition) is 4. The zero-order valence-corrected chi connectivity index (χ0v) is 19.2. The van der Waals surface area contributed by atoms with Crippen LogP contribution in [0, 0.1) is 12.3 Å². The van der Waals surface area contributed by atoms with Crippen molar-refractivity contribution >= 4 is 23.7 Å². The van der Waals surface area contributed by atoms with Crippen LogP contribution in [-0.4, -0.2) is 41.1 Å². The summed E-state index contributed by atoms with van der Waals surface area (Å²) in [5.41, 5.74) is 17.9. The first-order chi connectivity index (χ1) is 15.9. The number of carbonyl (C=O) groups is 1. The van der Waals surface area contributed by atoms with E-state index in [1.54, 1.807) is 6.21 Å². The smallest absolute Gasteiger partial charge is 0.311 e. The molecule has 0 radical (unpaired) electrons. The van der Waals surface area contributed by atoms with Crippen LogP contribution in [0.15, 0.2) is 70.6 Å². The number of hydrazone groups is 1. The SMILES string of the molecule is C/C=N/Nc1ccc(/C(N)=N/C(=C\N)N2CCCC(Cc3ccccc3)(C(=O)O)C2)cc1C. The summed E-state index contributed by atoms with van der Waals surface area (Å²) in [4.78, 5) is 18.9. The van der Waals surface area contributed by atoms with E-state index < -0.39 is 11.4 Å². The molecule has 1 unspecified atom stereocenters. The van der Waals surface area contributed by atoms with Crippen LogP contribution in [0.2, 0.25) is 0 Å². The summed E-state index contributed by atoms with van der Waals surface area (Å²) in [5, 5.41) is 14.2. The lowest BCUT2D eigenvalue weighted by Crippen LogP contribution is -2.48. The van der Waals surface area contributed by atoms with Gasteiger partial charge >= 0.3 is 5.97 Å². The Morgan fingerprint density at radius 2 is 2.03 bits per heavy atom. The summed E-state index contributed by atoms with van der Waals surface area (Å²) in [6.45, 7) is 4.77. The van der Waals surface area contributed by atoms with Crippen LogP contribution in [0.4, 0.5) is 5.69 Å². The number of carboxylic acids is 1. The quantitative estimate of drug-likeness (QED) is 0.279. The van der Waals surface area contributed by atoms with Crippen molar-refractivity contribution in [2.75, 3.05) is 18.5 Å². The van der Waals surface area contributed by atoms with Gasteiger partial charge in [-0.2, -0.15) is 5.10 Å². The third-order valence-corrected chi connectivity index (χ3v) is 5.96. The number of piperidine rings is 1. The number of aliphatic carboxylic acids is 1. The maximum absolute atomic E-state index is 12.4. The van der Waals surface area contributed by atoms with Gasteiger partial charge in [-0.25, -0.2) is 4.99 Å². The number of rotatable bonds is 8. The van der Waals surface area contributed by atoms with Gasteiger partial charge in [0.15, 0.2) is 0 Å². The van der Waals surface area contributed by atoms with Crippen LogP contribution < -0.4 is 16.9 Å². The first-order valence-electron chi connectivity index (χ1n) is 11.0. The van der Waals surface area contributed by atoms with Gasteiger partial charge in [0.1, 0.15) is 11.7 Å². The van der Waals surface area contributed by atoms with Crippen LogP contribution in [0.1, 0.15) is 36.5 Å². The van der Waals surface area contributed by atoms with Crippen LogP contribution in [0.25, 0.3) is 0 Å². The summed E-state index contributed by atoms with van der Waals surface area (Å²) in [5.74, 6) is -0.0194. The Kier molecular flexibility index (Phi) is 7.71. The first kappa shape index (κ1) is 23.8. The fourth-order valence-electron chi connectivity index (χ4n) is 4.19. The van der Waals surface area contributed by atoms with Crippen molar-refractivity contribution in [2.24, 2.45) is 27.0 Å². The molecule has 0 aliphatic carbocycles. The Hall–Kier alpha value is -3.81. The predicted octanol–water partition coefficient (Wildman–Crippen LogP) is 3.29. The number of aliphatic imine (C=N–C) groups is 1. The number of nitrogens with one attached hydrogen (secondary N) is 1. The minimum Gasteiger partial charge on any atom is -0.481 e. The second kappa shape index (κ2) is 10.7. The first-order valence-corrected chi connectivity index (χ1v) is 11.0. The molecule has 1 fully saturated rings. The van der Waals surface area contributed by atoms with Crippen molar-refractivity contribution in [3.05, 3.63) is 77.2 Å². The zero-order chi connectivity index (χ0) is 23.8. The van der Waals surface area contributed by atoms with Gasteiger partial charge in [-0.3, -0.25) is 10.2 Å². The number of hydrogen-bond acceptors (Lipinski definition) is 6. The molecule has 8 nitrogen and oxygen atoms in total. The average Bonchev–Trinajstić information content (AvgIpc) is 2.82. The molecule has 0 bridgehead atoms. The number of benzene rings is 2. The summed E-state index contributed by atoms with van der Waals surface area (Å²) in [7, 11) is 0. The molecule has 1 aliphatic rings. The third-order valence-electron chi connectivity index (χ3n) is 5.96. The Labute approximate surface area is 194 Å². The van der Waals surface area contributed by atoms with Crippen molar-refractivity contribution in [3.8, 4) is 0 Å². The molecule has 2 aromatic carbocycles. The van der Waals surface area contributed by atoms with Gasteiger partial charge in [0.05, 0.1) is 11.1 Å². The van der Waals surface area contributed by atoms with E-state index in [1.807, 2.05) is 67.3 Å². The van der Waals surface area contributed by atoms with Gasteiger partial charge in [-0.15, -0.1) is 0 Å². The van der Waals surface area contributed by atoms with E-state index in [1.165, 1.54) is 6.20 Å². The lowest BCUT2D eigenvalue weighted by atomic mass is 9.75. The molecule has 0 spiro atoms. The Bertz CT molecular complexity index is 1060. The van der Waals surface area contributed by atoms with E-state index in [4.69, 9.17) is 11.5 Å². The molecule has 8 heteroatoms. The molecule has 1 heterocycles. The van der Waals surface area contributed by atoms with Crippen LogP contribution in [0.5, 0.6) is 0 Å². The summed E-state index contributed by atoms with van der Waals surface area (Å²) < 4.78 is 0. The van der Waals surface area contributed by atoms with Crippen molar-refractivity contribution in [3.63, 3.8) is 0 Å². The van der Waals surface area contributed by atoms with Crippen LogP contribution >= 0.6 is 0 Å². The van der Waals surface area contributed by atoms with Crippen LogP contribution in [-0.2, 0) is 11.2 Å². The predicted molar refractivity (Wildman–Crippen MR) is 133 cm³/mol. The molecule has 0 aromatic heterocycles. The van der Waals surface area contributed by atoms with Gasteiger partial charge < -0.3 is 21.5 Å². The van der Waals surface area contributed by atoms with Gasteiger partial charge in [0, 0.05) is 31.1 Å². The number of nitrogens with zero attached hydrogens (tertiary/aromatic N) is 3. The van der Waals surface area contributed by atoms with E-state index >= 15 is 0 Å². The zero-order valence-electron chi connectivity index (χ0n) is 19.2. The van der Waals surface area contributed by atoms with Gasteiger partial charge in [-0.05, 0) is 62.4 Å². The van der Waals surface area contributed by atoms with Crippen molar-refractivity contribution in [1.82, 2.24) is 4.90 Å². The molecule has 1 atom stereocenters. The molecule has 3 rings (SSSR count). The highest BCUT2D eigenvalue weighted by atomic mass is 16.4. The molecule has 0 saturated carbocycles. The van der Waals surface area contributed by atoms with Gasteiger partial charge in [0.2, 0.25) is 0 Å². The largest absolute Gasteiger partial charge is 0.481 e. The molecule has 174 valence electrons. The van der Waals surface area contributed by atoms with Gasteiger partial charge in [0.25, 0.3) is 0 Å². The number of likely N-dealkylation sites (tertiary alicyclic amines) is 1. The number of nitrogens with two attached hydrogens (primary N) is 2. The summed E-state index contributed by atoms with van der Waals surface area (Å²) in [6.07, 6.45) is 4.84. The molecule has 33 heavy (non-hydrogen) atoms. The Balaban J connectivity index is 1.82. The molecule has 2 aromatic rings. The normalized spacial score (nSPS) is 19.6. The number of anilines is 1. The molecular weight excluding hydrogens is 416 g/mol. The lowest BCUT2D eigenvalue weighted by Gasteiger charge is -2.41. The number of carboxylic acid groups (broad SMARTS) is 1. The fraction of sp³-hybridized carbons (Fsp3) is 0.320. The summed E-state index contributed by atoms with van der Waals surface area (Å²) in [6, 6.07) is 15.4. The molecule has 1 saturated heterocycles. The van der Waals surface area contributed by atoms with E-state index in [2.05, 4.69) is 15.5 Å². The number of aryl methyl sites for hydroxylation is 1. The van der Waals surface area contributed by atoms with E-state index in [0.717, 1.165) is 28.8 Å². The third kappa shape index (κ3) is 5.71. The number of amidine groups is 1. The second-order valence-electron chi connectivity index (χ2n) is 8.32. The molecule has 1 aliphatic heterocycles. The standard InChI is InChI=1S/C25H32N6O2/c1-3-28-30-21-11-10-20(14-18(21)2)23(27)29-22(16-26)31-13-7-12-25(17-31,24(32)33)15-19-8-5-4-6-9-19/h3-6,8-11,14,16,30H,7,12-13,15,17,26H2,1-2H3,(H2,27,29)(H,32,33)/b22-16+,28-3+. The Morgan fingerprint density at radius 3 is 2.67 bits per heavy atom. The highest BCUT2D eigenvalue weighted by molar-refractivity contribution is 5.98. The second-order valence-corrected chi connectivity index (χ2v) is 8.32.